The summed E-state index contributed by atoms with van der Waals surface area (Å²) in [6.45, 7) is 4.82. The number of likely N-dealkylation sites (N-methyl/N-ethyl adjacent to an activating group) is 1. The fraction of sp³-hybridized carbons (Fsp3) is 0.923. The molecule has 0 saturated heterocycles. The maximum absolute atomic E-state index is 11.5. The number of amides is 1. The van der Waals surface area contributed by atoms with Gasteiger partial charge in [0.05, 0.1) is 6.61 Å². The zero-order chi connectivity index (χ0) is 12.7. The van der Waals surface area contributed by atoms with E-state index in [1.165, 1.54) is 25.7 Å². The van der Waals surface area contributed by atoms with E-state index in [0.717, 1.165) is 12.8 Å². The number of nitrogens with one attached hydrogen (secondary N) is 1. The predicted octanol–water partition coefficient (Wildman–Crippen LogP) is 1.58. The Labute approximate surface area is 104 Å². The van der Waals surface area contributed by atoms with Crippen molar-refractivity contribution in [2.45, 2.75) is 64.0 Å². The number of hydrogen-bond acceptors (Lipinski definition) is 3. The summed E-state index contributed by atoms with van der Waals surface area (Å²) in [4.78, 5) is 11.5. The van der Waals surface area contributed by atoms with Gasteiger partial charge >= 0.3 is 0 Å². The average Bonchev–Trinajstić information content (AvgIpc) is 2.52. The van der Waals surface area contributed by atoms with E-state index in [1.54, 1.807) is 6.92 Å². The highest BCUT2D eigenvalue weighted by molar-refractivity contribution is 5.80. The molecule has 0 aliphatic heterocycles. The molecule has 1 saturated carbocycles. The van der Waals surface area contributed by atoms with Crippen LogP contribution < -0.4 is 11.1 Å². The highest BCUT2D eigenvalue weighted by Crippen LogP contribution is 2.25. The first-order valence-corrected chi connectivity index (χ1v) is 6.75. The molecule has 0 aromatic heterocycles. The average molecular weight is 242 g/mol. The van der Waals surface area contributed by atoms with E-state index in [4.69, 9.17) is 10.5 Å². The monoisotopic (exact) mass is 242 g/mol. The van der Waals surface area contributed by atoms with Gasteiger partial charge in [-0.15, -0.1) is 0 Å². The summed E-state index contributed by atoms with van der Waals surface area (Å²) in [5, 5.41) is 2.75. The summed E-state index contributed by atoms with van der Waals surface area (Å²) in [5.74, 6) is -0.0512. The Balaban J connectivity index is 2.34. The van der Waals surface area contributed by atoms with Crippen molar-refractivity contribution in [1.82, 2.24) is 5.32 Å². The molecule has 0 aromatic carbocycles. The van der Waals surface area contributed by atoms with E-state index in [2.05, 4.69) is 5.32 Å². The second-order valence-corrected chi connectivity index (χ2v) is 5.12. The van der Waals surface area contributed by atoms with Crippen LogP contribution in [-0.2, 0) is 9.53 Å². The zero-order valence-electron chi connectivity index (χ0n) is 11.1. The second-order valence-electron chi connectivity index (χ2n) is 5.12. The summed E-state index contributed by atoms with van der Waals surface area (Å²) in [5.41, 5.74) is 6.10. The van der Waals surface area contributed by atoms with Crippen LogP contribution in [0, 0.1) is 0 Å². The Bertz CT molecular complexity index is 236. The highest BCUT2D eigenvalue weighted by Gasteiger charge is 2.28. The Hall–Kier alpha value is -0.610. The van der Waals surface area contributed by atoms with Gasteiger partial charge in [-0.1, -0.05) is 25.7 Å². The smallest absolute Gasteiger partial charge is 0.248 e. The molecule has 1 aliphatic carbocycles. The lowest BCUT2D eigenvalue weighted by Gasteiger charge is -2.29. The van der Waals surface area contributed by atoms with Crippen molar-refractivity contribution < 1.29 is 9.53 Å². The molecule has 1 amide bonds. The molecule has 100 valence electrons. The van der Waals surface area contributed by atoms with E-state index >= 15 is 0 Å². The molecule has 17 heavy (non-hydrogen) atoms. The molecule has 4 nitrogen and oxygen atoms in total. The van der Waals surface area contributed by atoms with Crippen molar-refractivity contribution in [2.75, 3.05) is 13.2 Å². The Kier molecular flexibility index (Phi) is 5.92. The minimum Gasteiger partial charge on any atom is -0.367 e. The quantitative estimate of drug-likeness (QED) is 0.719. The third kappa shape index (κ3) is 5.04. The number of hydrogen-bond donors (Lipinski definition) is 2. The predicted molar refractivity (Wildman–Crippen MR) is 68.7 cm³/mol. The molecular weight excluding hydrogens is 216 g/mol. The van der Waals surface area contributed by atoms with Crippen molar-refractivity contribution in [1.29, 1.82) is 0 Å². The van der Waals surface area contributed by atoms with Gasteiger partial charge in [0.2, 0.25) is 5.91 Å². The van der Waals surface area contributed by atoms with Gasteiger partial charge in [-0.3, -0.25) is 4.79 Å². The standard InChI is InChI=1S/C13H26N2O2/c1-3-15-12(16)11(2)17-10-13(14)8-6-4-5-7-9-13/h11H,3-10,14H2,1-2H3,(H,15,16). The molecule has 1 unspecified atom stereocenters. The van der Waals surface area contributed by atoms with Crippen molar-refractivity contribution in [3.8, 4) is 0 Å². The van der Waals surface area contributed by atoms with E-state index in [1.807, 2.05) is 6.92 Å². The van der Waals surface area contributed by atoms with Gasteiger partial charge in [-0.25, -0.2) is 0 Å². The lowest BCUT2D eigenvalue weighted by Crippen LogP contribution is -2.46. The molecule has 0 aromatic rings. The van der Waals surface area contributed by atoms with E-state index in [-0.39, 0.29) is 11.4 Å². The number of rotatable bonds is 5. The third-order valence-corrected chi connectivity index (χ3v) is 3.44. The summed E-state index contributed by atoms with van der Waals surface area (Å²) < 4.78 is 5.62. The van der Waals surface area contributed by atoms with E-state index in [0.29, 0.717) is 13.2 Å². The molecule has 1 aliphatic rings. The number of carbonyl (C=O) groups is 1. The number of carbonyl (C=O) groups excluding carboxylic acids is 1. The Morgan fingerprint density at radius 3 is 2.47 bits per heavy atom. The normalized spacial score (nSPS) is 21.6. The molecule has 1 fully saturated rings. The van der Waals surface area contributed by atoms with Gasteiger partial charge in [0.15, 0.2) is 0 Å². The Morgan fingerprint density at radius 1 is 1.35 bits per heavy atom. The van der Waals surface area contributed by atoms with Crippen LogP contribution in [0.3, 0.4) is 0 Å². The van der Waals surface area contributed by atoms with Gasteiger partial charge in [0.25, 0.3) is 0 Å². The molecule has 1 atom stereocenters. The second kappa shape index (κ2) is 6.97. The van der Waals surface area contributed by atoms with Crippen molar-refractivity contribution in [3.63, 3.8) is 0 Å². The minimum atomic E-state index is -0.404. The van der Waals surface area contributed by atoms with Gasteiger partial charge in [0, 0.05) is 12.1 Å². The van der Waals surface area contributed by atoms with Crippen molar-refractivity contribution in [3.05, 3.63) is 0 Å². The molecular formula is C13H26N2O2. The maximum Gasteiger partial charge on any atom is 0.248 e. The molecule has 0 bridgehead atoms. The number of nitrogens with two attached hydrogens (primary N) is 1. The first-order valence-electron chi connectivity index (χ1n) is 6.75. The van der Waals surface area contributed by atoms with Gasteiger partial charge in [0.1, 0.15) is 6.10 Å². The van der Waals surface area contributed by atoms with E-state index < -0.39 is 6.10 Å². The van der Waals surface area contributed by atoms with Crippen LogP contribution in [0.15, 0.2) is 0 Å². The first kappa shape index (κ1) is 14.5. The third-order valence-electron chi connectivity index (χ3n) is 3.44. The van der Waals surface area contributed by atoms with Crippen LogP contribution in [0.5, 0.6) is 0 Å². The van der Waals surface area contributed by atoms with Crippen LogP contribution >= 0.6 is 0 Å². The number of ether oxygens (including phenoxy) is 1. The lowest BCUT2D eigenvalue weighted by atomic mass is 9.92. The highest BCUT2D eigenvalue weighted by atomic mass is 16.5. The first-order chi connectivity index (χ1) is 8.07. The van der Waals surface area contributed by atoms with Crippen LogP contribution in [0.4, 0.5) is 0 Å². The molecule has 0 radical (unpaired) electrons. The van der Waals surface area contributed by atoms with Gasteiger partial charge < -0.3 is 15.8 Å². The fourth-order valence-corrected chi connectivity index (χ4v) is 2.26. The summed E-state index contributed by atoms with van der Waals surface area (Å²) in [6.07, 6.45) is 6.50. The molecule has 1 rings (SSSR count). The summed E-state index contributed by atoms with van der Waals surface area (Å²) in [6, 6.07) is 0. The summed E-state index contributed by atoms with van der Waals surface area (Å²) in [7, 11) is 0. The maximum atomic E-state index is 11.5. The molecule has 4 heteroatoms. The van der Waals surface area contributed by atoms with Crippen LogP contribution in [0.1, 0.15) is 52.4 Å². The topological polar surface area (TPSA) is 64.3 Å². The lowest BCUT2D eigenvalue weighted by molar-refractivity contribution is -0.132. The van der Waals surface area contributed by atoms with Crippen molar-refractivity contribution in [2.24, 2.45) is 5.73 Å². The van der Waals surface area contributed by atoms with Crippen LogP contribution in [-0.4, -0.2) is 30.7 Å². The van der Waals surface area contributed by atoms with Crippen LogP contribution in [0.25, 0.3) is 0 Å². The zero-order valence-corrected chi connectivity index (χ0v) is 11.1. The molecule has 0 spiro atoms. The molecule has 0 heterocycles. The van der Waals surface area contributed by atoms with Gasteiger partial charge in [-0.05, 0) is 26.7 Å². The fourth-order valence-electron chi connectivity index (χ4n) is 2.26. The van der Waals surface area contributed by atoms with E-state index in [9.17, 15) is 4.79 Å². The van der Waals surface area contributed by atoms with Crippen LogP contribution in [0.2, 0.25) is 0 Å². The Morgan fingerprint density at radius 2 is 1.94 bits per heavy atom. The van der Waals surface area contributed by atoms with Crippen molar-refractivity contribution >= 4 is 5.91 Å². The minimum absolute atomic E-state index is 0.0512. The molecule has 3 N–H and O–H groups in total. The summed E-state index contributed by atoms with van der Waals surface area (Å²) >= 11 is 0. The van der Waals surface area contributed by atoms with Gasteiger partial charge in [-0.2, -0.15) is 0 Å². The largest absolute Gasteiger partial charge is 0.367 e. The SMILES string of the molecule is CCNC(=O)C(C)OCC1(N)CCCCCC1.